The first-order valence-electron chi connectivity index (χ1n) is 10.3. The van der Waals surface area contributed by atoms with Gasteiger partial charge in [0.25, 0.3) is 5.56 Å². The molecule has 1 fully saturated rings. The summed E-state index contributed by atoms with van der Waals surface area (Å²) in [7, 11) is 0. The van der Waals surface area contributed by atoms with Crippen LogP contribution in [0.15, 0.2) is 45.9 Å². The van der Waals surface area contributed by atoms with Crippen molar-refractivity contribution in [3.8, 4) is 0 Å². The summed E-state index contributed by atoms with van der Waals surface area (Å²) in [5, 5.41) is 4.06. The normalized spacial score (nSPS) is 18.0. The van der Waals surface area contributed by atoms with Crippen molar-refractivity contribution < 1.29 is 4.79 Å². The Kier molecular flexibility index (Phi) is 5.85. The van der Waals surface area contributed by atoms with Crippen LogP contribution in [0.4, 0.5) is 0 Å². The molecule has 0 radical (unpaired) electrons. The zero-order chi connectivity index (χ0) is 19.5. The number of aromatic nitrogens is 2. The van der Waals surface area contributed by atoms with Gasteiger partial charge in [-0.15, -0.1) is 0 Å². The summed E-state index contributed by atoms with van der Waals surface area (Å²) < 4.78 is 1.80. The predicted molar refractivity (Wildman–Crippen MR) is 114 cm³/mol. The molecule has 0 bridgehead atoms. The minimum Gasteiger partial charge on any atom is -0.355 e. The molecule has 5 nitrogen and oxygen atoms in total. The molecular formula is C22H27N3O2S. The van der Waals surface area contributed by atoms with Gasteiger partial charge < -0.3 is 5.32 Å². The predicted octanol–water partition coefficient (Wildman–Crippen LogP) is 4.22. The van der Waals surface area contributed by atoms with E-state index in [1.807, 2.05) is 31.2 Å². The van der Waals surface area contributed by atoms with Gasteiger partial charge in [-0.1, -0.05) is 35.5 Å². The number of hydrogen-bond acceptors (Lipinski definition) is 4. The number of nitrogens with zero attached hydrogens (tertiary/aromatic N) is 2. The number of hydrogen-bond donors (Lipinski definition) is 1. The van der Waals surface area contributed by atoms with E-state index in [-0.39, 0.29) is 22.8 Å². The van der Waals surface area contributed by atoms with E-state index in [4.69, 9.17) is 4.98 Å². The fourth-order valence-corrected chi connectivity index (χ4v) is 4.70. The van der Waals surface area contributed by atoms with Gasteiger partial charge in [0, 0.05) is 12.6 Å². The fraction of sp³-hybridized carbons (Fsp3) is 0.500. The molecule has 1 atom stereocenters. The number of carbonyl (C=O) groups is 1. The molecule has 1 aromatic heterocycles. The van der Waals surface area contributed by atoms with Gasteiger partial charge in [0.15, 0.2) is 5.16 Å². The number of carbonyl (C=O) groups excluding carboxylic acids is 1. The van der Waals surface area contributed by atoms with E-state index in [2.05, 4.69) is 11.4 Å². The van der Waals surface area contributed by atoms with Crippen LogP contribution in [0, 0.1) is 0 Å². The molecule has 1 saturated carbocycles. The molecule has 1 aromatic carbocycles. The van der Waals surface area contributed by atoms with Gasteiger partial charge in [-0.25, -0.2) is 4.98 Å². The van der Waals surface area contributed by atoms with Crippen LogP contribution in [0.3, 0.4) is 0 Å². The number of thioether (sulfide) groups is 1. The van der Waals surface area contributed by atoms with Crippen LogP contribution >= 0.6 is 11.8 Å². The van der Waals surface area contributed by atoms with E-state index in [0.29, 0.717) is 22.6 Å². The minimum atomic E-state index is -0.293. The number of benzene rings is 1. The number of allylic oxidation sites excluding steroid dienone is 1. The maximum absolute atomic E-state index is 12.9. The molecule has 0 unspecified atom stereocenters. The Balaban J connectivity index is 1.44. The molecule has 2 aliphatic carbocycles. The largest absolute Gasteiger partial charge is 0.355 e. The molecule has 6 heteroatoms. The third-order valence-electron chi connectivity index (χ3n) is 5.47. The first-order chi connectivity index (χ1) is 13.6. The summed E-state index contributed by atoms with van der Waals surface area (Å²) in [6.45, 7) is 2.56. The number of fused-ring (bicyclic) bond motifs is 1. The SMILES string of the molecule is C[C@@H](Sc1nc2ccccc2c(=O)n1C1CC1)C(=O)NCCC1=CCCCC1. The van der Waals surface area contributed by atoms with Gasteiger partial charge in [0.2, 0.25) is 5.91 Å². The average Bonchev–Trinajstić information content (AvgIpc) is 3.54. The Labute approximate surface area is 169 Å². The van der Waals surface area contributed by atoms with Crippen molar-refractivity contribution in [2.75, 3.05) is 6.54 Å². The molecule has 2 aliphatic rings. The molecule has 28 heavy (non-hydrogen) atoms. The summed E-state index contributed by atoms with van der Waals surface area (Å²) >= 11 is 1.39. The van der Waals surface area contributed by atoms with Crippen molar-refractivity contribution in [2.45, 2.75) is 68.3 Å². The highest BCUT2D eigenvalue weighted by molar-refractivity contribution is 8.00. The Morgan fingerprint density at radius 1 is 1.32 bits per heavy atom. The van der Waals surface area contributed by atoms with E-state index in [1.165, 1.54) is 36.6 Å². The minimum absolute atomic E-state index is 0.00571. The van der Waals surface area contributed by atoms with E-state index in [0.717, 1.165) is 25.7 Å². The van der Waals surface area contributed by atoms with Crippen LogP contribution in [0.1, 0.15) is 57.9 Å². The van der Waals surface area contributed by atoms with Crippen LogP contribution < -0.4 is 10.9 Å². The van der Waals surface area contributed by atoms with Crippen molar-refractivity contribution in [3.63, 3.8) is 0 Å². The second-order valence-electron chi connectivity index (χ2n) is 7.73. The number of rotatable bonds is 7. The first kappa shape index (κ1) is 19.2. The van der Waals surface area contributed by atoms with Gasteiger partial charge in [-0.05, 0) is 64.0 Å². The van der Waals surface area contributed by atoms with E-state index < -0.39 is 0 Å². The lowest BCUT2D eigenvalue weighted by molar-refractivity contribution is -0.120. The van der Waals surface area contributed by atoms with Crippen LogP contribution in [-0.2, 0) is 4.79 Å². The van der Waals surface area contributed by atoms with E-state index in [9.17, 15) is 9.59 Å². The second-order valence-corrected chi connectivity index (χ2v) is 9.04. The van der Waals surface area contributed by atoms with E-state index in [1.54, 1.807) is 4.57 Å². The highest BCUT2D eigenvalue weighted by Gasteiger charge is 2.30. The third-order valence-corrected chi connectivity index (χ3v) is 6.54. The van der Waals surface area contributed by atoms with Crippen LogP contribution in [0.25, 0.3) is 10.9 Å². The monoisotopic (exact) mass is 397 g/mol. The smallest absolute Gasteiger partial charge is 0.262 e. The Hall–Kier alpha value is -2.08. The highest BCUT2D eigenvalue weighted by atomic mass is 32.2. The Bertz CT molecular complexity index is 962. The van der Waals surface area contributed by atoms with Crippen molar-refractivity contribution in [1.82, 2.24) is 14.9 Å². The van der Waals surface area contributed by atoms with Gasteiger partial charge in [-0.2, -0.15) is 0 Å². The van der Waals surface area contributed by atoms with Crippen molar-refractivity contribution in [3.05, 3.63) is 46.3 Å². The molecule has 148 valence electrons. The highest BCUT2D eigenvalue weighted by Crippen LogP contribution is 2.37. The zero-order valence-electron chi connectivity index (χ0n) is 16.3. The van der Waals surface area contributed by atoms with Gasteiger partial charge >= 0.3 is 0 Å². The number of para-hydroxylation sites is 1. The lowest BCUT2D eigenvalue weighted by Crippen LogP contribution is -2.33. The van der Waals surface area contributed by atoms with Gasteiger partial charge in [0.05, 0.1) is 16.2 Å². The first-order valence-corrected chi connectivity index (χ1v) is 11.1. The molecule has 0 saturated heterocycles. The fourth-order valence-electron chi connectivity index (χ4n) is 3.70. The van der Waals surface area contributed by atoms with Crippen LogP contribution in [-0.4, -0.2) is 27.3 Å². The Morgan fingerprint density at radius 3 is 2.89 bits per heavy atom. The zero-order valence-corrected chi connectivity index (χ0v) is 17.1. The maximum atomic E-state index is 12.9. The molecule has 4 rings (SSSR count). The molecule has 0 spiro atoms. The van der Waals surface area contributed by atoms with Crippen molar-refractivity contribution in [2.24, 2.45) is 0 Å². The molecule has 1 heterocycles. The second kappa shape index (κ2) is 8.52. The summed E-state index contributed by atoms with van der Waals surface area (Å²) in [5.41, 5.74) is 2.17. The molecule has 0 aliphatic heterocycles. The van der Waals surface area contributed by atoms with Gasteiger partial charge in [0.1, 0.15) is 0 Å². The number of amides is 1. The third kappa shape index (κ3) is 4.32. The summed E-state index contributed by atoms with van der Waals surface area (Å²) in [5.74, 6) is 0.00571. The van der Waals surface area contributed by atoms with Crippen molar-refractivity contribution >= 4 is 28.6 Å². The molecule has 1 amide bonds. The standard InChI is InChI=1S/C22H27N3O2S/c1-15(20(26)23-14-13-16-7-3-2-4-8-16)28-22-24-19-10-6-5-9-18(19)21(27)25(22)17-11-12-17/h5-7,9-10,15,17H,2-4,8,11-14H2,1H3,(H,23,26)/t15-/m1/s1. The summed E-state index contributed by atoms with van der Waals surface area (Å²) in [4.78, 5) is 30.2. The topological polar surface area (TPSA) is 64.0 Å². The Morgan fingerprint density at radius 2 is 2.14 bits per heavy atom. The van der Waals surface area contributed by atoms with Crippen LogP contribution in [0.5, 0.6) is 0 Å². The molecule has 1 N–H and O–H groups in total. The van der Waals surface area contributed by atoms with Crippen molar-refractivity contribution in [1.29, 1.82) is 0 Å². The van der Waals surface area contributed by atoms with Gasteiger partial charge in [-0.3, -0.25) is 14.2 Å². The number of nitrogens with one attached hydrogen (secondary N) is 1. The summed E-state index contributed by atoms with van der Waals surface area (Å²) in [6.07, 6.45) is 10.1. The molecular weight excluding hydrogens is 370 g/mol. The van der Waals surface area contributed by atoms with Crippen LogP contribution in [0.2, 0.25) is 0 Å². The average molecular weight is 398 g/mol. The quantitative estimate of drug-likeness (QED) is 0.432. The maximum Gasteiger partial charge on any atom is 0.262 e. The summed E-state index contributed by atoms with van der Waals surface area (Å²) in [6, 6.07) is 7.67. The lowest BCUT2D eigenvalue weighted by atomic mass is 9.97. The lowest BCUT2D eigenvalue weighted by Gasteiger charge is -2.17. The molecule has 2 aromatic rings. The van der Waals surface area contributed by atoms with E-state index >= 15 is 0 Å².